The second-order valence-corrected chi connectivity index (χ2v) is 4.13. The van der Waals surface area contributed by atoms with E-state index >= 15 is 0 Å². The molecule has 23 heavy (non-hydrogen) atoms. The summed E-state index contributed by atoms with van der Waals surface area (Å²) in [4.78, 5) is 0. The van der Waals surface area contributed by atoms with Crippen LogP contribution >= 0.6 is 0 Å². The smallest absolute Gasteiger partial charge is 0.528 e. The summed E-state index contributed by atoms with van der Waals surface area (Å²) in [5.74, 6) is -19.6. The quantitative estimate of drug-likeness (QED) is 0.402. The molecule has 0 aliphatic heterocycles. The summed E-state index contributed by atoms with van der Waals surface area (Å²) in [5, 5.41) is 9.45. The van der Waals surface area contributed by atoms with E-state index in [1.807, 2.05) is 0 Å². The molecular weight excluding hydrogens is 339 g/mol. The Labute approximate surface area is 123 Å². The number of hydrogen-bond acceptors (Lipinski definition) is 2. The van der Waals surface area contributed by atoms with Crippen molar-refractivity contribution in [2.75, 3.05) is 0 Å². The highest BCUT2D eigenvalue weighted by Crippen LogP contribution is 2.29. The lowest BCUT2D eigenvalue weighted by Crippen LogP contribution is -2.40. The van der Waals surface area contributed by atoms with Crippen LogP contribution in [-0.4, -0.2) is 12.1 Å². The van der Waals surface area contributed by atoms with Crippen LogP contribution in [0.1, 0.15) is 0 Å². The van der Waals surface area contributed by atoms with E-state index in [9.17, 15) is 40.1 Å². The van der Waals surface area contributed by atoms with Gasteiger partial charge in [0.2, 0.25) is 29.1 Å². The number of hydrogen-bond donors (Lipinski definition) is 1. The average Bonchev–Trinajstić information content (AvgIpc) is 2.52. The molecule has 0 amide bonds. The van der Waals surface area contributed by atoms with Gasteiger partial charge in [-0.2, -0.15) is 8.78 Å². The largest absolute Gasteiger partial charge is 0.563 e. The molecule has 0 aromatic heterocycles. The summed E-state index contributed by atoms with van der Waals surface area (Å²) >= 11 is 0. The van der Waals surface area contributed by atoms with Crippen molar-refractivity contribution in [3.05, 3.63) is 58.7 Å². The highest BCUT2D eigenvalue weighted by molar-refractivity contribution is 6.60. The predicted molar refractivity (Wildman–Crippen MR) is 60.8 cm³/mol. The molecular formula is C12H3BF8O2. The molecule has 11 heteroatoms. The van der Waals surface area contributed by atoms with Crippen LogP contribution in [0.15, 0.2) is 12.1 Å². The molecule has 0 saturated carbocycles. The third-order valence-electron chi connectivity index (χ3n) is 2.73. The Hall–Kier alpha value is -2.30. The van der Waals surface area contributed by atoms with Crippen molar-refractivity contribution < 1.29 is 44.8 Å². The van der Waals surface area contributed by atoms with Crippen LogP contribution in [0.25, 0.3) is 0 Å². The maximum absolute atomic E-state index is 13.4. The van der Waals surface area contributed by atoms with E-state index in [1.54, 1.807) is 0 Å². The number of halogens is 8. The monoisotopic (exact) mass is 342 g/mol. The van der Waals surface area contributed by atoms with Crippen LogP contribution in [0.4, 0.5) is 35.1 Å². The minimum Gasteiger partial charge on any atom is -0.528 e. The molecule has 0 bridgehead atoms. The molecule has 0 aliphatic rings. The zero-order chi connectivity index (χ0) is 17.5. The molecule has 2 aromatic carbocycles. The lowest BCUT2D eigenvalue weighted by molar-refractivity contribution is 0.332. The molecule has 0 fully saturated rings. The third-order valence-corrected chi connectivity index (χ3v) is 2.73. The van der Waals surface area contributed by atoms with Crippen molar-refractivity contribution in [2.45, 2.75) is 0 Å². The topological polar surface area (TPSA) is 29.5 Å². The van der Waals surface area contributed by atoms with Gasteiger partial charge in [-0.3, -0.25) is 0 Å². The van der Waals surface area contributed by atoms with Crippen molar-refractivity contribution in [3.8, 4) is 5.75 Å². The molecule has 0 radical (unpaired) electrons. The summed E-state index contributed by atoms with van der Waals surface area (Å²) in [7, 11) is -2.67. The van der Waals surface area contributed by atoms with Crippen molar-refractivity contribution in [1.29, 1.82) is 0 Å². The van der Waals surface area contributed by atoms with Gasteiger partial charge in [-0.15, -0.1) is 0 Å². The average molecular weight is 342 g/mol. The van der Waals surface area contributed by atoms with E-state index in [-0.39, 0.29) is 0 Å². The Kier molecular flexibility index (Phi) is 4.50. The lowest BCUT2D eigenvalue weighted by Gasteiger charge is -2.13. The molecule has 0 spiro atoms. The summed E-state index contributed by atoms with van der Waals surface area (Å²) in [6, 6.07) is 0.823. The first-order valence-electron chi connectivity index (χ1n) is 5.66. The van der Waals surface area contributed by atoms with Gasteiger partial charge in [0.25, 0.3) is 0 Å². The van der Waals surface area contributed by atoms with Gasteiger partial charge in [0, 0.05) is 5.46 Å². The Morgan fingerprint density at radius 2 is 1.13 bits per heavy atom. The minimum atomic E-state index is -2.67. The van der Waals surface area contributed by atoms with Gasteiger partial charge in [0.05, 0.1) is 0 Å². The molecule has 0 aliphatic carbocycles. The van der Waals surface area contributed by atoms with Gasteiger partial charge in [-0.25, -0.2) is 26.3 Å². The maximum atomic E-state index is 13.4. The van der Waals surface area contributed by atoms with E-state index in [0.29, 0.717) is 12.1 Å². The second kappa shape index (κ2) is 6.07. The number of rotatable bonds is 3. The van der Waals surface area contributed by atoms with Crippen LogP contribution in [0, 0.1) is 46.5 Å². The van der Waals surface area contributed by atoms with Crippen molar-refractivity contribution in [1.82, 2.24) is 0 Å². The van der Waals surface area contributed by atoms with Gasteiger partial charge in [0.1, 0.15) is 0 Å². The van der Waals surface area contributed by atoms with E-state index in [2.05, 4.69) is 4.65 Å². The molecule has 122 valence electrons. The fourth-order valence-electron chi connectivity index (χ4n) is 1.59. The fourth-order valence-corrected chi connectivity index (χ4v) is 1.59. The Balaban J connectivity index is 2.46. The van der Waals surface area contributed by atoms with Crippen LogP contribution in [0.3, 0.4) is 0 Å². The van der Waals surface area contributed by atoms with E-state index in [1.165, 1.54) is 0 Å². The normalized spacial score (nSPS) is 10.8. The molecule has 0 saturated heterocycles. The van der Waals surface area contributed by atoms with E-state index in [4.69, 9.17) is 0 Å². The standard InChI is InChI=1S/C12H3BF8O2/c14-4-2-1-3(5(15)6(4)16)13(22)23-12-10(20)8(18)7(17)9(19)11(12)21/h1-2,22H. The highest BCUT2D eigenvalue weighted by Gasteiger charge is 2.33. The van der Waals surface area contributed by atoms with Crippen molar-refractivity contribution in [2.24, 2.45) is 0 Å². The first kappa shape index (κ1) is 17.1. The molecule has 2 nitrogen and oxygen atoms in total. The number of benzene rings is 2. The third kappa shape index (κ3) is 2.83. The Morgan fingerprint density at radius 3 is 1.65 bits per heavy atom. The SMILES string of the molecule is OB(Oc1c(F)c(F)c(F)c(F)c1F)c1ccc(F)c(F)c1F. The van der Waals surface area contributed by atoms with Crippen LogP contribution in [0.5, 0.6) is 5.75 Å². The maximum Gasteiger partial charge on any atom is 0.563 e. The Morgan fingerprint density at radius 1 is 0.652 bits per heavy atom. The fraction of sp³-hybridized carbons (Fsp3) is 0. The first-order chi connectivity index (χ1) is 10.7. The molecule has 2 rings (SSSR count). The first-order valence-corrected chi connectivity index (χ1v) is 5.66. The van der Waals surface area contributed by atoms with E-state index in [0.717, 1.165) is 0 Å². The Bertz CT molecular complexity index is 753. The van der Waals surface area contributed by atoms with Gasteiger partial charge < -0.3 is 9.68 Å². The molecule has 0 atom stereocenters. The second-order valence-electron chi connectivity index (χ2n) is 4.13. The molecule has 2 aromatic rings. The lowest BCUT2D eigenvalue weighted by atomic mass is 9.79. The zero-order valence-corrected chi connectivity index (χ0v) is 10.6. The van der Waals surface area contributed by atoms with Crippen molar-refractivity contribution >= 4 is 12.6 Å². The molecule has 0 unspecified atom stereocenters. The van der Waals surface area contributed by atoms with Crippen LogP contribution < -0.4 is 10.1 Å². The summed E-state index contributed by atoms with van der Waals surface area (Å²) in [6.45, 7) is 0. The minimum absolute atomic E-state index is 0.360. The van der Waals surface area contributed by atoms with Crippen LogP contribution in [-0.2, 0) is 0 Å². The summed E-state index contributed by atoms with van der Waals surface area (Å²) < 4.78 is 109. The predicted octanol–water partition coefficient (Wildman–Crippen LogP) is 2.57. The van der Waals surface area contributed by atoms with Gasteiger partial charge >= 0.3 is 7.12 Å². The van der Waals surface area contributed by atoms with Gasteiger partial charge in [0.15, 0.2) is 23.2 Å². The van der Waals surface area contributed by atoms with Crippen LogP contribution in [0.2, 0.25) is 0 Å². The van der Waals surface area contributed by atoms with Gasteiger partial charge in [-0.1, -0.05) is 6.07 Å². The zero-order valence-electron chi connectivity index (χ0n) is 10.6. The summed E-state index contributed by atoms with van der Waals surface area (Å²) in [6.07, 6.45) is 0. The van der Waals surface area contributed by atoms with E-state index < -0.39 is 64.9 Å². The summed E-state index contributed by atoms with van der Waals surface area (Å²) in [5.41, 5.74) is -1.12. The molecule has 0 heterocycles. The van der Waals surface area contributed by atoms with Crippen molar-refractivity contribution in [3.63, 3.8) is 0 Å². The van der Waals surface area contributed by atoms with Gasteiger partial charge in [-0.05, 0) is 6.07 Å². The highest BCUT2D eigenvalue weighted by atomic mass is 19.2. The molecule has 1 N–H and O–H groups in total.